The molecular formula is C10H15NO3. The van der Waals surface area contributed by atoms with Gasteiger partial charge in [0, 0.05) is 32.5 Å². The van der Waals surface area contributed by atoms with Crippen molar-refractivity contribution in [3.05, 3.63) is 0 Å². The summed E-state index contributed by atoms with van der Waals surface area (Å²) in [5.74, 6) is -0.293. The van der Waals surface area contributed by atoms with Crippen molar-refractivity contribution >= 4 is 11.8 Å². The molecule has 0 bridgehead atoms. The van der Waals surface area contributed by atoms with Gasteiger partial charge in [-0.05, 0) is 12.8 Å². The van der Waals surface area contributed by atoms with Crippen molar-refractivity contribution in [2.45, 2.75) is 38.3 Å². The number of ketones is 1. The summed E-state index contributed by atoms with van der Waals surface area (Å²) in [6.07, 6.45) is 2.46. The van der Waals surface area contributed by atoms with Gasteiger partial charge < -0.3 is 4.74 Å². The molecule has 0 aromatic heterocycles. The number of hydrogen-bond acceptors (Lipinski definition) is 4. The van der Waals surface area contributed by atoms with Crippen LogP contribution in [0, 0.1) is 0 Å². The van der Waals surface area contributed by atoms with Crippen LogP contribution in [-0.4, -0.2) is 41.9 Å². The van der Waals surface area contributed by atoms with Gasteiger partial charge in [0.05, 0.1) is 0 Å². The molecule has 14 heavy (non-hydrogen) atoms. The van der Waals surface area contributed by atoms with Gasteiger partial charge in [0.1, 0.15) is 0 Å². The van der Waals surface area contributed by atoms with E-state index in [2.05, 4.69) is 4.90 Å². The first-order chi connectivity index (χ1) is 6.66. The summed E-state index contributed by atoms with van der Waals surface area (Å²) in [6.45, 7) is 2.79. The topological polar surface area (TPSA) is 46.6 Å². The van der Waals surface area contributed by atoms with Crippen molar-refractivity contribution in [1.29, 1.82) is 0 Å². The second-order valence-corrected chi connectivity index (χ2v) is 4.04. The van der Waals surface area contributed by atoms with Crippen molar-refractivity contribution in [1.82, 2.24) is 4.90 Å². The fraction of sp³-hybridized carbons (Fsp3) is 0.800. The van der Waals surface area contributed by atoms with Gasteiger partial charge in [-0.25, -0.2) is 0 Å². The second-order valence-electron chi connectivity index (χ2n) is 4.04. The molecule has 0 aromatic carbocycles. The standard InChI is InChI=1S/C10H15NO3/c1-7(12)14-10-6-11(8-2-3-8)5-4-9(10)13/h8,10H,2-6H2,1H3. The Hall–Kier alpha value is -0.900. The SMILES string of the molecule is CC(=O)OC1CN(C2CC2)CCC1=O. The number of carbonyl (C=O) groups is 2. The van der Waals surface area contributed by atoms with Crippen LogP contribution in [0.3, 0.4) is 0 Å². The molecule has 2 rings (SSSR count). The summed E-state index contributed by atoms with van der Waals surface area (Å²) in [6, 6.07) is 0.640. The number of rotatable bonds is 2. The smallest absolute Gasteiger partial charge is 0.303 e. The van der Waals surface area contributed by atoms with E-state index in [0.717, 1.165) is 6.54 Å². The summed E-state index contributed by atoms with van der Waals surface area (Å²) in [5, 5.41) is 0. The van der Waals surface area contributed by atoms with Crippen molar-refractivity contribution < 1.29 is 14.3 Å². The Labute approximate surface area is 83.2 Å². The highest BCUT2D eigenvalue weighted by atomic mass is 16.5. The van der Waals surface area contributed by atoms with Crippen LogP contribution in [0.1, 0.15) is 26.2 Å². The van der Waals surface area contributed by atoms with E-state index in [1.807, 2.05) is 0 Å². The van der Waals surface area contributed by atoms with Crippen LogP contribution in [-0.2, 0) is 14.3 Å². The lowest BCUT2D eigenvalue weighted by Crippen LogP contribution is -2.47. The van der Waals surface area contributed by atoms with Crippen LogP contribution in [0.4, 0.5) is 0 Å². The summed E-state index contributed by atoms with van der Waals surface area (Å²) in [4.78, 5) is 24.4. The van der Waals surface area contributed by atoms with E-state index in [0.29, 0.717) is 19.0 Å². The van der Waals surface area contributed by atoms with E-state index < -0.39 is 6.10 Å². The lowest BCUT2D eigenvalue weighted by atomic mass is 10.1. The Balaban J connectivity index is 1.92. The predicted molar refractivity (Wildman–Crippen MR) is 49.8 cm³/mol. The number of piperidine rings is 1. The Morgan fingerprint density at radius 1 is 1.50 bits per heavy atom. The minimum absolute atomic E-state index is 0.0668. The van der Waals surface area contributed by atoms with E-state index >= 15 is 0 Å². The highest BCUT2D eigenvalue weighted by molar-refractivity contribution is 5.86. The highest BCUT2D eigenvalue weighted by Gasteiger charge is 2.36. The van der Waals surface area contributed by atoms with Gasteiger partial charge in [-0.1, -0.05) is 0 Å². The predicted octanol–water partition coefficient (Wildman–Crippen LogP) is 0.355. The van der Waals surface area contributed by atoms with Crippen LogP contribution in [0.2, 0.25) is 0 Å². The zero-order valence-corrected chi connectivity index (χ0v) is 8.36. The van der Waals surface area contributed by atoms with Crippen LogP contribution in [0.25, 0.3) is 0 Å². The van der Waals surface area contributed by atoms with Gasteiger partial charge in [0.2, 0.25) is 0 Å². The molecule has 0 radical (unpaired) electrons. The number of carbonyl (C=O) groups excluding carboxylic acids is 2. The number of nitrogens with zero attached hydrogens (tertiary/aromatic N) is 1. The summed E-state index contributed by atoms with van der Waals surface area (Å²) >= 11 is 0. The normalized spacial score (nSPS) is 28.9. The first kappa shape index (κ1) is 9.65. The van der Waals surface area contributed by atoms with Crippen LogP contribution in [0.5, 0.6) is 0 Å². The number of likely N-dealkylation sites (tertiary alicyclic amines) is 1. The maximum absolute atomic E-state index is 11.4. The molecule has 78 valence electrons. The molecule has 2 fully saturated rings. The third kappa shape index (κ3) is 2.12. The number of ether oxygens (including phenoxy) is 1. The molecule has 1 aliphatic heterocycles. The molecule has 0 aromatic rings. The van der Waals surface area contributed by atoms with Crippen molar-refractivity contribution in [3.63, 3.8) is 0 Å². The minimum atomic E-state index is -0.512. The van der Waals surface area contributed by atoms with Gasteiger partial charge in [-0.15, -0.1) is 0 Å². The quantitative estimate of drug-likeness (QED) is 0.599. The van der Waals surface area contributed by atoms with Gasteiger partial charge in [0.25, 0.3) is 0 Å². The van der Waals surface area contributed by atoms with E-state index in [-0.39, 0.29) is 11.8 Å². The van der Waals surface area contributed by atoms with Gasteiger partial charge >= 0.3 is 5.97 Å². The minimum Gasteiger partial charge on any atom is -0.453 e. The third-order valence-electron chi connectivity index (χ3n) is 2.78. The van der Waals surface area contributed by atoms with Gasteiger partial charge in [-0.2, -0.15) is 0 Å². The number of Topliss-reactive ketones (excluding diaryl/α,β-unsaturated/α-hetero) is 1. The summed E-state index contributed by atoms with van der Waals surface area (Å²) < 4.78 is 4.98. The van der Waals surface area contributed by atoms with Gasteiger partial charge in [0.15, 0.2) is 11.9 Å². The van der Waals surface area contributed by atoms with E-state index in [1.165, 1.54) is 19.8 Å². The molecular weight excluding hydrogens is 182 g/mol. The molecule has 1 saturated carbocycles. The summed E-state index contributed by atoms with van der Waals surface area (Å²) in [5.41, 5.74) is 0. The Kier molecular flexibility index (Phi) is 2.54. The first-order valence-electron chi connectivity index (χ1n) is 5.11. The van der Waals surface area contributed by atoms with Crippen LogP contribution >= 0.6 is 0 Å². The lowest BCUT2D eigenvalue weighted by Gasteiger charge is -2.30. The highest BCUT2D eigenvalue weighted by Crippen LogP contribution is 2.29. The molecule has 0 amide bonds. The van der Waals surface area contributed by atoms with Crippen molar-refractivity contribution in [2.24, 2.45) is 0 Å². The maximum atomic E-state index is 11.4. The van der Waals surface area contributed by atoms with Crippen molar-refractivity contribution in [2.75, 3.05) is 13.1 Å². The molecule has 2 aliphatic rings. The first-order valence-corrected chi connectivity index (χ1v) is 5.11. The molecule has 0 N–H and O–H groups in total. The largest absolute Gasteiger partial charge is 0.453 e. The molecule has 4 heteroatoms. The molecule has 0 spiro atoms. The van der Waals surface area contributed by atoms with Crippen molar-refractivity contribution in [3.8, 4) is 0 Å². The lowest BCUT2D eigenvalue weighted by molar-refractivity contribution is -0.156. The monoisotopic (exact) mass is 197 g/mol. The number of esters is 1. The number of hydrogen-bond donors (Lipinski definition) is 0. The fourth-order valence-electron chi connectivity index (χ4n) is 1.90. The molecule has 4 nitrogen and oxygen atoms in total. The zero-order valence-electron chi connectivity index (χ0n) is 8.36. The Morgan fingerprint density at radius 3 is 2.79 bits per heavy atom. The fourth-order valence-corrected chi connectivity index (χ4v) is 1.90. The average Bonchev–Trinajstić information content (AvgIpc) is 2.91. The van der Waals surface area contributed by atoms with Crippen LogP contribution < -0.4 is 0 Å². The third-order valence-corrected chi connectivity index (χ3v) is 2.78. The van der Waals surface area contributed by atoms with E-state index in [4.69, 9.17) is 4.74 Å². The molecule has 1 atom stereocenters. The van der Waals surface area contributed by atoms with Gasteiger partial charge in [-0.3, -0.25) is 14.5 Å². The summed E-state index contributed by atoms with van der Waals surface area (Å²) in [7, 11) is 0. The molecule has 1 aliphatic carbocycles. The maximum Gasteiger partial charge on any atom is 0.303 e. The molecule has 1 heterocycles. The second kappa shape index (κ2) is 3.69. The van der Waals surface area contributed by atoms with Crippen LogP contribution in [0.15, 0.2) is 0 Å². The average molecular weight is 197 g/mol. The Morgan fingerprint density at radius 2 is 2.21 bits per heavy atom. The molecule has 1 unspecified atom stereocenters. The molecule has 1 saturated heterocycles. The zero-order chi connectivity index (χ0) is 10.1. The van der Waals surface area contributed by atoms with E-state index in [1.54, 1.807) is 0 Å². The Bertz CT molecular complexity index is 260. The van der Waals surface area contributed by atoms with E-state index in [9.17, 15) is 9.59 Å².